The van der Waals surface area contributed by atoms with Crippen molar-refractivity contribution < 1.29 is 19.0 Å². The van der Waals surface area contributed by atoms with Crippen LogP contribution < -0.4 is 19.7 Å². The summed E-state index contributed by atoms with van der Waals surface area (Å²) in [6.07, 6.45) is 0. The molecule has 1 aromatic carbocycles. The molecule has 0 aliphatic carbocycles. The first-order valence-electron chi connectivity index (χ1n) is 5.18. The van der Waals surface area contributed by atoms with Crippen molar-refractivity contribution in [2.75, 3.05) is 27.4 Å². The average molecular weight is 304 g/mol. The summed E-state index contributed by atoms with van der Waals surface area (Å²) in [5, 5.41) is 0. The molecule has 1 N–H and O–H groups in total. The number of hydrogen-bond donors (Lipinski definition) is 1. The molecule has 1 heterocycles. The highest BCUT2D eigenvalue weighted by molar-refractivity contribution is 9.10. The SMILES string of the molecule is CONCc1c(OC)c(Br)cc2c1OCCO2. The Balaban J connectivity index is 2.45. The van der Waals surface area contributed by atoms with E-state index in [0.717, 1.165) is 21.5 Å². The van der Waals surface area contributed by atoms with E-state index in [9.17, 15) is 0 Å². The molecular weight excluding hydrogens is 290 g/mol. The van der Waals surface area contributed by atoms with Gasteiger partial charge in [-0.25, -0.2) is 0 Å². The van der Waals surface area contributed by atoms with E-state index in [4.69, 9.17) is 19.0 Å². The Morgan fingerprint density at radius 2 is 2.12 bits per heavy atom. The van der Waals surface area contributed by atoms with Crippen LogP contribution in [0.25, 0.3) is 0 Å². The van der Waals surface area contributed by atoms with E-state index in [1.54, 1.807) is 14.2 Å². The lowest BCUT2D eigenvalue weighted by atomic mass is 10.1. The van der Waals surface area contributed by atoms with Crippen LogP contribution in [0, 0.1) is 0 Å². The van der Waals surface area contributed by atoms with Crippen LogP contribution >= 0.6 is 15.9 Å². The fourth-order valence-corrected chi connectivity index (χ4v) is 2.34. The van der Waals surface area contributed by atoms with Crippen LogP contribution in [0.1, 0.15) is 5.56 Å². The maximum Gasteiger partial charge on any atom is 0.169 e. The molecule has 0 atom stereocenters. The summed E-state index contributed by atoms with van der Waals surface area (Å²) in [5.41, 5.74) is 3.65. The van der Waals surface area contributed by atoms with Crippen molar-refractivity contribution in [3.05, 3.63) is 16.1 Å². The van der Waals surface area contributed by atoms with Crippen LogP contribution in [0.5, 0.6) is 17.2 Å². The summed E-state index contributed by atoms with van der Waals surface area (Å²) in [6, 6.07) is 1.85. The van der Waals surface area contributed by atoms with Crippen molar-refractivity contribution in [1.29, 1.82) is 0 Å². The maximum atomic E-state index is 5.63. The third-order valence-corrected chi connectivity index (χ3v) is 3.02. The number of rotatable bonds is 4. The number of ether oxygens (including phenoxy) is 3. The van der Waals surface area contributed by atoms with Crippen LogP contribution in [0.3, 0.4) is 0 Å². The smallest absolute Gasteiger partial charge is 0.169 e. The van der Waals surface area contributed by atoms with Crippen molar-refractivity contribution in [1.82, 2.24) is 5.48 Å². The first-order chi connectivity index (χ1) is 8.27. The van der Waals surface area contributed by atoms with Crippen molar-refractivity contribution >= 4 is 15.9 Å². The minimum Gasteiger partial charge on any atom is -0.495 e. The van der Waals surface area contributed by atoms with Crippen molar-refractivity contribution in [3.8, 4) is 17.2 Å². The van der Waals surface area contributed by atoms with Gasteiger partial charge in [0.15, 0.2) is 11.5 Å². The Morgan fingerprint density at radius 3 is 2.82 bits per heavy atom. The molecule has 0 saturated heterocycles. The number of hydroxylamine groups is 1. The van der Waals surface area contributed by atoms with Crippen LogP contribution in [0.4, 0.5) is 0 Å². The third-order valence-electron chi connectivity index (χ3n) is 2.43. The second-order valence-electron chi connectivity index (χ2n) is 3.42. The molecule has 0 aromatic heterocycles. The highest BCUT2D eigenvalue weighted by Crippen LogP contribution is 2.44. The predicted molar refractivity (Wildman–Crippen MR) is 65.5 cm³/mol. The maximum absolute atomic E-state index is 5.63. The Kier molecular flexibility index (Phi) is 4.09. The molecule has 94 valence electrons. The predicted octanol–water partition coefficient (Wildman–Crippen LogP) is 1.88. The summed E-state index contributed by atoms with van der Waals surface area (Å²) in [4.78, 5) is 4.86. The molecule has 0 fully saturated rings. The van der Waals surface area contributed by atoms with Crippen LogP contribution in [0.2, 0.25) is 0 Å². The fourth-order valence-electron chi connectivity index (χ4n) is 1.73. The minimum absolute atomic E-state index is 0.477. The van der Waals surface area contributed by atoms with E-state index < -0.39 is 0 Å². The zero-order valence-electron chi connectivity index (χ0n) is 9.71. The van der Waals surface area contributed by atoms with Gasteiger partial charge >= 0.3 is 0 Å². The minimum atomic E-state index is 0.477. The Labute approximate surface area is 108 Å². The largest absolute Gasteiger partial charge is 0.495 e. The van der Waals surface area contributed by atoms with Gasteiger partial charge in [0.1, 0.15) is 19.0 Å². The Morgan fingerprint density at radius 1 is 1.35 bits per heavy atom. The lowest BCUT2D eigenvalue weighted by Crippen LogP contribution is -2.19. The molecule has 0 amide bonds. The molecule has 6 heteroatoms. The molecule has 0 bridgehead atoms. The second-order valence-corrected chi connectivity index (χ2v) is 4.27. The second kappa shape index (κ2) is 5.57. The van der Waals surface area contributed by atoms with Gasteiger partial charge in [-0.05, 0) is 15.9 Å². The molecule has 0 unspecified atom stereocenters. The fraction of sp³-hybridized carbons (Fsp3) is 0.455. The molecule has 1 aromatic rings. The van der Waals surface area contributed by atoms with E-state index in [1.165, 1.54) is 0 Å². The molecule has 1 aliphatic rings. The summed E-state index contributed by atoms with van der Waals surface area (Å²) < 4.78 is 17.4. The Hall–Kier alpha value is -0.980. The summed E-state index contributed by atoms with van der Waals surface area (Å²) in [7, 11) is 3.18. The molecule has 2 rings (SSSR count). The zero-order chi connectivity index (χ0) is 12.3. The molecular formula is C11H14BrNO4. The van der Waals surface area contributed by atoms with Gasteiger partial charge in [0, 0.05) is 6.07 Å². The quantitative estimate of drug-likeness (QED) is 0.861. The van der Waals surface area contributed by atoms with Gasteiger partial charge < -0.3 is 19.0 Å². The van der Waals surface area contributed by atoms with Gasteiger partial charge in [0.2, 0.25) is 0 Å². The van der Waals surface area contributed by atoms with Gasteiger partial charge in [-0.3, -0.25) is 0 Å². The first kappa shape index (κ1) is 12.5. The highest BCUT2D eigenvalue weighted by atomic mass is 79.9. The molecule has 1 aliphatic heterocycles. The van der Waals surface area contributed by atoms with E-state index in [0.29, 0.717) is 25.5 Å². The third kappa shape index (κ3) is 2.48. The van der Waals surface area contributed by atoms with Crippen LogP contribution in [-0.4, -0.2) is 27.4 Å². The number of fused-ring (bicyclic) bond motifs is 1. The van der Waals surface area contributed by atoms with Gasteiger partial charge in [0.05, 0.1) is 30.8 Å². The molecule has 0 saturated carbocycles. The van der Waals surface area contributed by atoms with E-state index in [2.05, 4.69) is 21.4 Å². The van der Waals surface area contributed by atoms with Crippen molar-refractivity contribution in [2.45, 2.75) is 6.54 Å². The van der Waals surface area contributed by atoms with Crippen molar-refractivity contribution in [3.63, 3.8) is 0 Å². The molecule has 0 spiro atoms. The average Bonchev–Trinajstić information content (AvgIpc) is 2.35. The number of methoxy groups -OCH3 is 1. The van der Waals surface area contributed by atoms with Gasteiger partial charge in [-0.2, -0.15) is 5.48 Å². The molecule has 0 radical (unpaired) electrons. The zero-order valence-corrected chi connectivity index (χ0v) is 11.3. The normalized spacial score (nSPS) is 13.6. The monoisotopic (exact) mass is 303 g/mol. The van der Waals surface area contributed by atoms with E-state index in [1.807, 2.05) is 6.07 Å². The lowest BCUT2D eigenvalue weighted by Gasteiger charge is -2.23. The number of nitrogens with one attached hydrogen (secondary N) is 1. The highest BCUT2D eigenvalue weighted by Gasteiger charge is 2.22. The summed E-state index contributed by atoms with van der Waals surface area (Å²) in [5.74, 6) is 2.15. The standard InChI is InChI=1S/C11H14BrNO4/c1-14-10-7(6-13-15-2)11-9(5-8(10)12)16-3-4-17-11/h5,13H,3-4,6H2,1-2H3. The number of benzene rings is 1. The van der Waals surface area contributed by atoms with Crippen LogP contribution in [-0.2, 0) is 11.4 Å². The summed E-state index contributed by atoms with van der Waals surface area (Å²) in [6.45, 7) is 1.57. The van der Waals surface area contributed by atoms with Crippen LogP contribution in [0.15, 0.2) is 10.5 Å². The topological polar surface area (TPSA) is 49.0 Å². The molecule has 17 heavy (non-hydrogen) atoms. The lowest BCUT2D eigenvalue weighted by molar-refractivity contribution is 0.0841. The number of hydrogen-bond acceptors (Lipinski definition) is 5. The molecule has 5 nitrogen and oxygen atoms in total. The summed E-state index contributed by atoms with van der Waals surface area (Å²) >= 11 is 3.45. The van der Waals surface area contributed by atoms with Gasteiger partial charge in [-0.15, -0.1) is 0 Å². The number of halogens is 1. The van der Waals surface area contributed by atoms with E-state index >= 15 is 0 Å². The van der Waals surface area contributed by atoms with E-state index in [-0.39, 0.29) is 0 Å². The van der Waals surface area contributed by atoms with Crippen molar-refractivity contribution in [2.24, 2.45) is 0 Å². The van der Waals surface area contributed by atoms with Gasteiger partial charge in [-0.1, -0.05) is 0 Å². The Bertz CT molecular complexity index is 411. The first-order valence-corrected chi connectivity index (χ1v) is 5.98. The van der Waals surface area contributed by atoms with Gasteiger partial charge in [0.25, 0.3) is 0 Å².